The van der Waals surface area contributed by atoms with Crippen LogP contribution in [0.25, 0.3) is 0 Å². The molecule has 1 atom stereocenters. The van der Waals surface area contributed by atoms with Gasteiger partial charge in [0, 0.05) is 10.3 Å². The van der Waals surface area contributed by atoms with Gasteiger partial charge < -0.3 is 5.11 Å². The first-order valence-corrected chi connectivity index (χ1v) is 5.37. The van der Waals surface area contributed by atoms with Crippen LogP contribution in [0, 0.1) is 12.3 Å². The number of hydrogen-bond acceptors (Lipinski definition) is 4. The standard InChI is InChI=1S/C9H14N2OS/c1-6-8(13-11-10-6)5-9(3-4-9)7(2)12/h7,12H,3-5H2,1-2H3. The fraction of sp³-hybridized carbons (Fsp3) is 0.778. The van der Waals surface area contributed by atoms with Crippen LogP contribution < -0.4 is 0 Å². The summed E-state index contributed by atoms with van der Waals surface area (Å²) in [6, 6.07) is 0. The van der Waals surface area contributed by atoms with E-state index in [0.29, 0.717) is 0 Å². The van der Waals surface area contributed by atoms with Crippen LogP contribution in [0.2, 0.25) is 0 Å². The first-order valence-electron chi connectivity index (χ1n) is 4.60. The predicted molar refractivity (Wildman–Crippen MR) is 51.7 cm³/mol. The molecule has 0 amide bonds. The maximum Gasteiger partial charge on any atom is 0.0756 e. The highest BCUT2D eigenvalue weighted by Crippen LogP contribution is 2.51. The molecule has 0 radical (unpaired) electrons. The van der Waals surface area contributed by atoms with Crippen LogP contribution in [0.4, 0.5) is 0 Å². The van der Waals surface area contributed by atoms with Gasteiger partial charge in [-0.15, -0.1) is 5.10 Å². The highest BCUT2D eigenvalue weighted by atomic mass is 32.1. The zero-order valence-corrected chi connectivity index (χ0v) is 8.77. The van der Waals surface area contributed by atoms with Crippen molar-refractivity contribution in [2.75, 3.05) is 0 Å². The van der Waals surface area contributed by atoms with Gasteiger partial charge >= 0.3 is 0 Å². The Morgan fingerprint density at radius 2 is 2.31 bits per heavy atom. The molecule has 13 heavy (non-hydrogen) atoms. The Hall–Kier alpha value is -0.480. The summed E-state index contributed by atoms with van der Waals surface area (Å²) in [4.78, 5) is 1.23. The Bertz CT molecular complexity index is 304. The summed E-state index contributed by atoms with van der Waals surface area (Å²) in [5.74, 6) is 0. The maximum atomic E-state index is 9.60. The fourth-order valence-corrected chi connectivity index (χ4v) is 2.42. The van der Waals surface area contributed by atoms with E-state index in [0.717, 1.165) is 25.0 Å². The van der Waals surface area contributed by atoms with E-state index in [1.54, 1.807) is 0 Å². The second-order valence-electron chi connectivity index (χ2n) is 4.00. The molecule has 1 saturated carbocycles. The average Bonchev–Trinajstić information content (AvgIpc) is 2.74. The quantitative estimate of drug-likeness (QED) is 0.801. The smallest absolute Gasteiger partial charge is 0.0756 e. The van der Waals surface area contributed by atoms with Crippen LogP contribution in [0.3, 0.4) is 0 Å². The molecule has 0 aromatic carbocycles. The minimum absolute atomic E-state index is 0.152. The zero-order valence-electron chi connectivity index (χ0n) is 7.95. The van der Waals surface area contributed by atoms with Gasteiger partial charge in [-0.05, 0) is 44.6 Å². The van der Waals surface area contributed by atoms with E-state index in [2.05, 4.69) is 9.59 Å². The van der Waals surface area contributed by atoms with E-state index in [-0.39, 0.29) is 11.5 Å². The van der Waals surface area contributed by atoms with Gasteiger partial charge in [0.15, 0.2) is 0 Å². The summed E-state index contributed by atoms with van der Waals surface area (Å²) in [5, 5.41) is 13.6. The van der Waals surface area contributed by atoms with Crippen molar-refractivity contribution in [3.8, 4) is 0 Å². The molecule has 4 heteroatoms. The minimum atomic E-state index is -0.200. The lowest BCUT2D eigenvalue weighted by atomic mass is 9.95. The molecule has 1 aliphatic rings. The normalized spacial score (nSPS) is 21.5. The lowest BCUT2D eigenvalue weighted by Gasteiger charge is -2.16. The fourth-order valence-electron chi connectivity index (χ4n) is 1.64. The van der Waals surface area contributed by atoms with E-state index in [9.17, 15) is 5.11 Å². The highest BCUT2D eigenvalue weighted by Gasteiger charge is 2.47. The van der Waals surface area contributed by atoms with Crippen LogP contribution in [0.1, 0.15) is 30.3 Å². The molecule has 1 fully saturated rings. The van der Waals surface area contributed by atoms with E-state index < -0.39 is 0 Å². The molecule has 0 bridgehead atoms. The van der Waals surface area contributed by atoms with Gasteiger partial charge in [-0.2, -0.15) is 0 Å². The molecule has 1 aromatic heterocycles. The van der Waals surface area contributed by atoms with E-state index in [1.807, 2.05) is 13.8 Å². The predicted octanol–water partition coefficient (Wildman–Crippen LogP) is 1.55. The van der Waals surface area contributed by atoms with Gasteiger partial charge in [-0.1, -0.05) is 4.49 Å². The highest BCUT2D eigenvalue weighted by molar-refractivity contribution is 7.05. The molecule has 72 valence electrons. The Balaban J connectivity index is 2.10. The SMILES string of the molecule is Cc1nnsc1CC1(C(C)O)CC1. The van der Waals surface area contributed by atoms with Crippen molar-refractivity contribution >= 4 is 11.5 Å². The summed E-state index contributed by atoms with van der Waals surface area (Å²) >= 11 is 1.46. The van der Waals surface area contributed by atoms with Crippen molar-refractivity contribution in [3.05, 3.63) is 10.6 Å². The van der Waals surface area contributed by atoms with Crippen LogP contribution >= 0.6 is 11.5 Å². The number of hydrogen-bond donors (Lipinski definition) is 1. The van der Waals surface area contributed by atoms with Gasteiger partial charge in [0.25, 0.3) is 0 Å². The Morgan fingerprint density at radius 1 is 1.62 bits per heavy atom. The second-order valence-corrected chi connectivity index (χ2v) is 4.84. The second kappa shape index (κ2) is 3.03. The molecule has 1 unspecified atom stereocenters. The lowest BCUT2D eigenvalue weighted by molar-refractivity contribution is 0.111. The van der Waals surface area contributed by atoms with E-state index in [4.69, 9.17) is 0 Å². The average molecular weight is 198 g/mol. The van der Waals surface area contributed by atoms with Gasteiger partial charge in [0.1, 0.15) is 0 Å². The number of aliphatic hydroxyl groups excluding tert-OH is 1. The summed E-state index contributed by atoms with van der Waals surface area (Å²) in [5.41, 5.74) is 1.18. The molecule has 2 rings (SSSR count). The molecule has 1 heterocycles. The molecule has 1 aromatic rings. The van der Waals surface area contributed by atoms with Crippen molar-refractivity contribution in [2.24, 2.45) is 5.41 Å². The summed E-state index contributed by atoms with van der Waals surface area (Å²) in [6.07, 6.45) is 3.03. The van der Waals surface area contributed by atoms with Gasteiger partial charge in [0.05, 0.1) is 11.8 Å². The van der Waals surface area contributed by atoms with Crippen LogP contribution in [-0.2, 0) is 6.42 Å². The summed E-state index contributed by atoms with van der Waals surface area (Å²) in [7, 11) is 0. The lowest BCUT2D eigenvalue weighted by Crippen LogP contribution is -2.20. The number of aryl methyl sites for hydroxylation is 1. The molecule has 3 nitrogen and oxygen atoms in total. The largest absolute Gasteiger partial charge is 0.393 e. The third-order valence-corrected chi connectivity index (χ3v) is 3.86. The molecule has 1 aliphatic carbocycles. The van der Waals surface area contributed by atoms with Gasteiger partial charge in [-0.3, -0.25) is 0 Å². The number of rotatable bonds is 3. The number of aromatic nitrogens is 2. The minimum Gasteiger partial charge on any atom is -0.393 e. The first-order chi connectivity index (χ1) is 6.14. The summed E-state index contributed by atoms with van der Waals surface area (Å²) in [6.45, 7) is 3.87. The molecular weight excluding hydrogens is 184 g/mol. The van der Waals surface area contributed by atoms with Gasteiger partial charge in [0.2, 0.25) is 0 Å². The van der Waals surface area contributed by atoms with Crippen LogP contribution in [-0.4, -0.2) is 20.8 Å². The molecule has 1 N–H and O–H groups in total. The van der Waals surface area contributed by atoms with Gasteiger partial charge in [-0.25, -0.2) is 0 Å². The number of nitrogens with zero attached hydrogens (tertiary/aromatic N) is 2. The third-order valence-electron chi connectivity index (χ3n) is 3.04. The van der Waals surface area contributed by atoms with Crippen molar-refractivity contribution in [2.45, 2.75) is 39.2 Å². The Morgan fingerprint density at radius 3 is 2.69 bits per heavy atom. The molecule has 0 saturated heterocycles. The number of aliphatic hydroxyl groups is 1. The Kier molecular flexibility index (Phi) is 2.12. The van der Waals surface area contributed by atoms with Crippen molar-refractivity contribution in [1.29, 1.82) is 0 Å². The van der Waals surface area contributed by atoms with E-state index >= 15 is 0 Å². The van der Waals surface area contributed by atoms with Crippen LogP contribution in [0.15, 0.2) is 0 Å². The Labute approximate surface area is 82.0 Å². The van der Waals surface area contributed by atoms with Crippen molar-refractivity contribution in [1.82, 2.24) is 9.59 Å². The monoisotopic (exact) mass is 198 g/mol. The van der Waals surface area contributed by atoms with Crippen LogP contribution in [0.5, 0.6) is 0 Å². The topological polar surface area (TPSA) is 46.0 Å². The summed E-state index contributed by atoms with van der Waals surface area (Å²) < 4.78 is 3.90. The third kappa shape index (κ3) is 1.60. The van der Waals surface area contributed by atoms with Crippen molar-refractivity contribution in [3.63, 3.8) is 0 Å². The molecule has 0 spiro atoms. The van der Waals surface area contributed by atoms with Crippen molar-refractivity contribution < 1.29 is 5.11 Å². The molecule has 0 aliphatic heterocycles. The molecular formula is C9H14N2OS. The van der Waals surface area contributed by atoms with E-state index in [1.165, 1.54) is 16.4 Å². The first kappa shape index (κ1) is 9.09. The maximum absolute atomic E-state index is 9.60. The zero-order chi connectivity index (χ0) is 9.47.